The number of carbonyl (C=O) groups is 1. The Hall–Kier alpha value is -1.97. The molecule has 1 atom stereocenters. The molecule has 2 aromatic heterocycles. The van der Waals surface area contributed by atoms with Crippen LogP contribution in [0.3, 0.4) is 0 Å². The molecule has 1 aliphatic heterocycles. The Labute approximate surface area is 164 Å². The van der Waals surface area contributed by atoms with E-state index in [1.165, 1.54) is 6.20 Å². The van der Waals surface area contributed by atoms with Gasteiger partial charge < -0.3 is 15.0 Å². The lowest BCUT2D eigenvalue weighted by atomic mass is 10.1. The molecule has 0 aliphatic carbocycles. The molecule has 146 valence electrons. The topological polar surface area (TPSA) is 85.2 Å². The second-order valence-corrected chi connectivity index (χ2v) is 13.7. The second-order valence-electron chi connectivity index (χ2n) is 7.75. The maximum atomic E-state index is 12.5. The van der Waals surface area contributed by atoms with Gasteiger partial charge in [-0.2, -0.15) is 10.1 Å². The van der Waals surface area contributed by atoms with E-state index in [4.69, 9.17) is 16.3 Å². The number of rotatable bonds is 7. The zero-order valence-electron chi connectivity index (χ0n) is 16.1. The van der Waals surface area contributed by atoms with Gasteiger partial charge in [0.2, 0.25) is 11.2 Å². The first-order chi connectivity index (χ1) is 12.8. The molecule has 0 fully saturated rings. The van der Waals surface area contributed by atoms with E-state index in [-0.39, 0.29) is 11.2 Å². The molecule has 8 nitrogen and oxygen atoms in total. The van der Waals surface area contributed by atoms with Gasteiger partial charge in [-0.3, -0.25) is 4.79 Å². The van der Waals surface area contributed by atoms with Gasteiger partial charge in [-0.15, -0.1) is 0 Å². The lowest BCUT2D eigenvalue weighted by Crippen LogP contribution is -2.45. The Bertz CT molecular complexity index is 822. The average molecular weight is 409 g/mol. The summed E-state index contributed by atoms with van der Waals surface area (Å²) in [4.78, 5) is 22.6. The molecule has 0 radical (unpaired) electrons. The van der Waals surface area contributed by atoms with Crippen LogP contribution in [0.4, 0.5) is 17.2 Å². The molecule has 3 rings (SSSR count). The summed E-state index contributed by atoms with van der Waals surface area (Å²) in [5.41, 5.74) is 1.30. The summed E-state index contributed by atoms with van der Waals surface area (Å²) in [6.45, 7) is 10.0. The normalized spacial score (nSPS) is 17.0. The van der Waals surface area contributed by atoms with Crippen molar-refractivity contribution >= 4 is 42.8 Å². The van der Waals surface area contributed by atoms with Gasteiger partial charge in [-0.05, 0) is 24.1 Å². The predicted octanol–water partition coefficient (Wildman–Crippen LogP) is 3.51. The summed E-state index contributed by atoms with van der Waals surface area (Å²) in [6, 6.07) is 0.711. The minimum atomic E-state index is -1.12. The standard InChI is InChI=1S/C17H25ClN6O2Si/c1-5-14-16(25)21-13-9-19-17(18)22-15(13)24(14)12-8-20-23(10-12)11-26-6-7-27(2,3)4/h8-10,14H,5-7,11H2,1-4H3,(H,21,25). The number of carbonyl (C=O) groups excluding carboxylic acids is 1. The summed E-state index contributed by atoms with van der Waals surface area (Å²) in [7, 11) is -1.12. The molecule has 1 amide bonds. The molecule has 0 aromatic carbocycles. The predicted molar refractivity (Wildman–Crippen MR) is 108 cm³/mol. The number of halogens is 1. The van der Waals surface area contributed by atoms with E-state index in [9.17, 15) is 4.79 Å². The van der Waals surface area contributed by atoms with Gasteiger partial charge in [0.05, 0.1) is 24.3 Å². The van der Waals surface area contributed by atoms with Crippen molar-refractivity contribution in [2.75, 3.05) is 16.8 Å². The fourth-order valence-corrected chi connectivity index (χ4v) is 3.74. The first kappa shape index (κ1) is 19.8. The molecule has 0 bridgehead atoms. The highest BCUT2D eigenvalue weighted by atomic mass is 35.5. The van der Waals surface area contributed by atoms with Crippen molar-refractivity contribution in [2.45, 2.75) is 51.8 Å². The van der Waals surface area contributed by atoms with Crippen molar-refractivity contribution in [3.8, 4) is 0 Å². The first-order valence-electron chi connectivity index (χ1n) is 9.01. The lowest BCUT2D eigenvalue weighted by Gasteiger charge is -2.35. The van der Waals surface area contributed by atoms with Gasteiger partial charge in [-0.1, -0.05) is 26.6 Å². The van der Waals surface area contributed by atoms with Crippen LogP contribution < -0.4 is 10.2 Å². The Morgan fingerprint density at radius 3 is 2.81 bits per heavy atom. The Morgan fingerprint density at radius 1 is 1.33 bits per heavy atom. The minimum absolute atomic E-state index is 0.102. The number of hydrogen-bond acceptors (Lipinski definition) is 6. The van der Waals surface area contributed by atoms with Crippen LogP contribution >= 0.6 is 11.6 Å². The Balaban J connectivity index is 1.79. The van der Waals surface area contributed by atoms with Crippen LogP contribution in [-0.2, 0) is 16.3 Å². The number of aromatic nitrogens is 4. The molecule has 0 saturated carbocycles. The fraction of sp³-hybridized carbons (Fsp3) is 0.529. The summed E-state index contributed by atoms with van der Waals surface area (Å²) in [6.07, 6.45) is 5.70. The van der Waals surface area contributed by atoms with Crippen LogP contribution in [0.2, 0.25) is 31.0 Å². The van der Waals surface area contributed by atoms with E-state index in [0.717, 1.165) is 18.3 Å². The third kappa shape index (κ3) is 4.66. The van der Waals surface area contributed by atoms with E-state index in [0.29, 0.717) is 24.7 Å². The van der Waals surface area contributed by atoms with Gasteiger partial charge in [0, 0.05) is 14.7 Å². The summed E-state index contributed by atoms with van der Waals surface area (Å²) in [5, 5.41) is 7.34. The Morgan fingerprint density at radius 2 is 2.11 bits per heavy atom. The van der Waals surface area contributed by atoms with Crippen LogP contribution in [0.1, 0.15) is 13.3 Å². The van der Waals surface area contributed by atoms with Crippen molar-refractivity contribution in [3.63, 3.8) is 0 Å². The third-order valence-corrected chi connectivity index (χ3v) is 6.23. The van der Waals surface area contributed by atoms with Crippen molar-refractivity contribution in [1.82, 2.24) is 19.7 Å². The molecular formula is C17H25ClN6O2Si. The molecule has 1 aliphatic rings. The van der Waals surface area contributed by atoms with E-state index in [1.807, 2.05) is 18.0 Å². The fourth-order valence-electron chi connectivity index (χ4n) is 2.86. The first-order valence-corrected chi connectivity index (χ1v) is 13.1. The number of ether oxygens (including phenoxy) is 1. The smallest absolute Gasteiger partial charge is 0.247 e. The lowest BCUT2D eigenvalue weighted by molar-refractivity contribution is -0.117. The molecular weight excluding hydrogens is 384 g/mol. The van der Waals surface area contributed by atoms with Crippen LogP contribution in [0.5, 0.6) is 0 Å². The summed E-state index contributed by atoms with van der Waals surface area (Å²) in [5.74, 6) is 0.468. The third-order valence-electron chi connectivity index (χ3n) is 4.34. The van der Waals surface area contributed by atoms with Gasteiger partial charge >= 0.3 is 0 Å². The van der Waals surface area contributed by atoms with Crippen molar-refractivity contribution in [1.29, 1.82) is 0 Å². The van der Waals surface area contributed by atoms with Crippen LogP contribution in [-0.4, -0.2) is 46.4 Å². The molecule has 2 aromatic rings. The summed E-state index contributed by atoms with van der Waals surface area (Å²) >= 11 is 5.98. The summed E-state index contributed by atoms with van der Waals surface area (Å²) < 4.78 is 7.47. The second kappa shape index (κ2) is 7.95. The largest absolute Gasteiger partial charge is 0.360 e. The zero-order chi connectivity index (χ0) is 19.6. The highest BCUT2D eigenvalue weighted by Gasteiger charge is 2.35. The molecule has 27 heavy (non-hydrogen) atoms. The number of amides is 1. The molecule has 1 N–H and O–H groups in total. The zero-order valence-corrected chi connectivity index (χ0v) is 17.8. The average Bonchev–Trinajstić information content (AvgIpc) is 3.05. The number of nitrogens with zero attached hydrogens (tertiary/aromatic N) is 5. The Kier molecular flexibility index (Phi) is 5.83. The van der Waals surface area contributed by atoms with Crippen LogP contribution in [0.25, 0.3) is 0 Å². The quantitative estimate of drug-likeness (QED) is 0.428. The number of anilines is 3. The number of nitrogens with one attached hydrogen (secondary N) is 1. The van der Waals surface area contributed by atoms with E-state index in [1.54, 1.807) is 10.9 Å². The van der Waals surface area contributed by atoms with E-state index >= 15 is 0 Å². The molecule has 3 heterocycles. The number of hydrogen-bond donors (Lipinski definition) is 1. The van der Waals surface area contributed by atoms with Gasteiger partial charge in [0.1, 0.15) is 18.5 Å². The highest BCUT2D eigenvalue weighted by molar-refractivity contribution is 6.76. The highest BCUT2D eigenvalue weighted by Crippen LogP contribution is 2.37. The van der Waals surface area contributed by atoms with Crippen molar-refractivity contribution < 1.29 is 9.53 Å². The van der Waals surface area contributed by atoms with E-state index < -0.39 is 14.1 Å². The maximum absolute atomic E-state index is 12.5. The monoisotopic (exact) mass is 408 g/mol. The van der Waals surface area contributed by atoms with Crippen molar-refractivity contribution in [2.24, 2.45) is 0 Å². The van der Waals surface area contributed by atoms with Crippen LogP contribution in [0, 0.1) is 0 Å². The minimum Gasteiger partial charge on any atom is -0.360 e. The van der Waals surface area contributed by atoms with Gasteiger partial charge in [-0.25, -0.2) is 9.67 Å². The van der Waals surface area contributed by atoms with Gasteiger partial charge in [0.25, 0.3) is 0 Å². The van der Waals surface area contributed by atoms with Crippen molar-refractivity contribution in [3.05, 3.63) is 23.9 Å². The number of fused-ring (bicyclic) bond motifs is 1. The SMILES string of the molecule is CCC1C(=O)Nc2cnc(Cl)nc2N1c1cnn(COCC[Si](C)(C)C)c1. The molecule has 0 spiro atoms. The maximum Gasteiger partial charge on any atom is 0.247 e. The van der Waals surface area contributed by atoms with Crippen LogP contribution in [0.15, 0.2) is 18.6 Å². The molecule has 1 unspecified atom stereocenters. The van der Waals surface area contributed by atoms with E-state index in [2.05, 4.69) is 40.0 Å². The molecule has 0 saturated heterocycles. The van der Waals surface area contributed by atoms with Gasteiger partial charge in [0.15, 0.2) is 5.82 Å². The molecule has 10 heteroatoms.